The summed E-state index contributed by atoms with van der Waals surface area (Å²) in [7, 11) is -3.78. The molecule has 0 fully saturated rings. The van der Waals surface area contributed by atoms with Crippen molar-refractivity contribution in [2.75, 3.05) is 11.1 Å². The second-order valence-electron chi connectivity index (χ2n) is 4.31. The van der Waals surface area contributed by atoms with Crippen LogP contribution in [0.25, 0.3) is 0 Å². The van der Waals surface area contributed by atoms with Gasteiger partial charge in [0.1, 0.15) is 5.01 Å². The zero-order valence-electron chi connectivity index (χ0n) is 10.9. The van der Waals surface area contributed by atoms with Crippen LogP contribution >= 0.6 is 11.3 Å². The standard InChI is InChI=1S/C12H16N4O2S2/c1-2-11(12-15-3-4-19-12)16-9-5-8(13)6-10(7-9)20(14,17)18/h3-7,11,16H,2,13H2,1H3,(H2,14,17,18). The van der Waals surface area contributed by atoms with Crippen LogP contribution in [0.1, 0.15) is 24.4 Å². The molecule has 0 spiro atoms. The highest BCUT2D eigenvalue weighted by Gasteiger charge is 2.14. The monoisotopic (exact) mass is 312 g/mol. The highest BCUT2D eigenvalue weighted by molar-refractivity contribution is 7.89. The molecule has 8 heteroatoms. The number of benzene rings is 1. The Kier molecular flexibility index (Phi) is 4.26. The van der Waals surface area contributed by atoms with Crippen LogP contribution in [0.3, 0.4) is 0 Å². The molecular weight excluding hydrogens is 296 g/mol. The van der Waals surface area contributed by atoms with Crippen molar-refractivity contribution in [1.82, 2.24) is 4.98 Å². The Labute approximate surface area is 121 Å². The second kappa shape index (κ2) is 5.78. The molecule has 6 nitrogen and oxygen atoms in total. The van der Waals surface area contributed by atoms with E-state index in [1.165, 1.54) is 12.1 Å². The molecule has 0 aliphatic heterocycles. The molecule has 0 radical (unpaired) electrons. The maximum Gasteiger partial charge on any atom is 0.238 e. The van der Waals surface area contributed by atoms with Crippen molar-refractivity contribution in [2.24, 2.45) is 5.14 Å². The molecule has 1 atom stereocenters. The molecule has 0 bridgehead atoms. The van der Waals surface area contributed by atoms with E-state index in [0.29, 0.717) is 11.4 Å². The molecule has 1 heterocycles. The van der Waals surface area contributed by atoms with E-state index in [-0.39, 0.29) is 10.9 Å². The van der Waals surface area contributed by atoms with Gasteiger partial charge in [-0.3, -0.25) is 0 Å². The van der Waals surface area contributed by atoms with Crippen molar-refractivity contribution < 1.29 is 8.42 Å². The smallest absolute Gasteiger partial charge is 0.238 e. The van der Waals surface area contributed by atoms with E-state index in [0.717, 1.165) is 11.4 Å². The van der Waals surface area contributed by atoms with E-state index in [1.54, 1.807) is 23.6 Å². The van der Waals surface area contributed by atoms with E-state index in [9.17, 15) is 8.42 Å². The van der Waals surface area contributed by atoms with E-state index < -0.39 is 10.0 Å². The summed E-state index contributed by atoms with van der Waals surface area (Å²) in [6.07, 6.45) is 2.55. The summed E-state index contributed by atoms with van der Waals surface area (Å²) < 4.78 is 22.8. The first-order valence-electron chi connectivity index (χ1n) is 5.99. The zero-order chi connectivity index (χ0) is 14.8. The lowest BCUT2D eigenvalue weighted by atomic mass is 10.2. The lowest BCUT2D eigenvalue weighted by Gasteiger charge is -2.17. The number of hydrogen-bond acceptors (Lipinski definition) is 6. The Morgan fingerprint density at radius 1 is 1.40 bits per heavy atom. The zero-order valence-corrected chi connectivity index (χ0v) is 12.5. The fourth-order valence-corrected chi connectivity index (χ4v) is 3.18. The first kappa shape index (κ1) is 14.8. The largest absolute Gasteiger partial charge is 0.399 e. The molecule has 1 unspecified atom stereocenters. The van der Waals surface area contributed by atoms with Crippen molar-refractivity contribution in [3.8, 4) is 0 Å². The van der Waals surface area contributed by atoms with Crippen LogP contribution in [0.2, 0.25) is 0 Å². The lowest BCUT2D eigenvalue weighted by Crippen LogP contribution is -2.14. The van der Waals surface area contributed by atoms with Crippen LogP contribution in [0.15, 0.2) is 34.7 Å². The quantitative estimate of drug-likeness (QED) is 0.731. The molecule has 5 N–H and O–H groups in total. The molecule has 0 saturated heterocycles. The molecule has 0 aliphatic carbocycles. The van der Waals surface area contributed by atoms with Crippen molar-refractivity contribution in [2.45, 2.75) is 24.3 Å². The van der Waals surface area contributed by atoms with Crippen LogP contribution < -0.4 is 16.2 Å². The van der Waals surface area contributed by atoms with Crippen molar-refractivity contribution in [3.05, 3.63) is 34.8 Å². The number of sulfonamides is 1. The SMILES string of the molecule is CCC(Nc1cc(N)cc(S(N)(=O)=O)c1)c1nccs1. The van der Waals surface area contributed by atoms with E-state index in [2.05, 4.69) is 10.3 Å². The van der Waals surface area contributed by atoms with Gasteiger partial charge in [0.15, 0.2) is 0 Å². The molecule has 20 heavy (non-hydrogen) atoms. The molecule has 2 rings (SSSR count). The van der Waals surface area contributed by atoms with Gasteiger partial charge in [0.05, 0.1) is 10.9 Å². The van der Waals surface area contributed by atoms with Gasteiger partial charge in [0.25, 0.3) is 0 Å². The van der Waals surface area contributed by atoms with Gasteiger partial charge in [-0.15, -0.1) is 11.3 Å². The Hall–Kier alpha value is -1.64. The van der Waals surface area contributed by atoms with E-state index in [1.807, 2.05) is 12.3 Å². The van der Waals surface area contributed by atoms with Crippen molar-refractivity contribution in [3.63, 3.8) is 0 Å². The number of nitrogens with zero attached hydrogens (tertiary/aromatic N) is 1. The van der Waals surface area contributed by atoms with E-state index in [4.69, 9.17) is 10.9 Å². The summed E-state index contributed by atoms with van der Waals surface area (Å²) >= 11 is 1.54. The Bertz CT molecular complexity index is 683. The fraction of sp³-hybridized carbons (Fsp3) is 0.250. The van der Waals surface area contributed by atoms with Gasteiger partial charge in [-0.05, 0) is 24.6 Å². The number of nitrogen functional groups attached to an aromatic ring is 1. The van der Waals surface area contributed by atoms with Crippen LogP contribution in [-0.4, -0.2) is 13.4 Å². The minimum Gasteiger partial charge on any atom is -0.399 e. The summed E-state index contributed by atoms with van der Waals surface area (Å²) in [5, 5.41) is 11.2. The van der Waals surface area contributed by atoms with Crippen molar-refractivity contribution >= 4 is 32.7 Å². The van der Waals surface area contributed by atoms with Crippen LogP contribution in [0.5, 0.6) is 0 Å². The second-order valence-corrected chi connectivity index (χ2v) is 6.80. The van der Waals surface area contributed by atoms with Crippen LogP contribution in [-0.2, 0) is 10.0 Å². The van der Waals surface area contributed by atoms with Gasteiger partial charge in [-0.1, -0.05) is 6.92 Å². The maximum atomic E-state index is 11.4. The normalized spacial score (nSPS) is 13.1. The molecule has 1 aromatic carbocycles. The highest BCUT2D eigenvalue weighted by Crippen LogP contribution is 2.27. The summed E-state index contributed by atoms with van der Waals surface area (Å²) in [5.41, 5.74) is 6.67. The predicted molar refractivity (Wildman–Crippen MR) is 81.0 cm³/mol. The minimum absolute atomic E-state index is 0.00475. The number of nitrogens with one attached hydrogen (secondary N) is 1. The Morgan fingerprint density at radius 3 is 2.70 bits per heavy atom. The first-order valence-corrected chi connectivity index (χ1v) is 8.42. The van der Waals surface area contributed by atoms with Gasteiger partial charge in [0.2, 0.25) is 10.0 Å². The molecule has 2 aromatic rings. The third kappa shape index (κ3) is 3.47. The highest BCUT2D eigenvalue weighted by atomic mass is 32.2. The summed E-state index contributed by atoms with van der Waals surface area (Å²) in [4.78, 5) is 4.25. The number of rotatable bonds is 5. The number of thiazole rings is 1. The van der Waals surface area contributed by atoms with Gasteiger partial charge < -0.3 is 11.1 Å². The van der Waals surface area contributed by atoms with Crippen LogP contribution in [0, 0.1) is 0 Å². The summed E-state index contributed by atoms with van der Waals surface area (Å²) in [6.45, 7) is 2.02. The lowest BCUT2D eigenvalue weighted by molar-refractivity contribution is 0.598. The molecule has 1 aromatic heterocycles. The third-order valence-corrected chi connectivity index (χ3v) is 4.54. The fourth-order valence-electron chi connectivity index (χ4n) is 1.82. The average molecular weight is 312 g/mol. The maximum absolute atomic E-state index is 11.4. The molecular formula is C12H16N4O2S2. The van der Waals surface area contributed by atoms with Gasteiger partial charge in [-0.2, -0.15) is 0 Å². The Morgan fingerprint density at radius 2 is 2.15 bits per heavy atom. The summed E-state index contributed by atoms with van der Waals surface area (Å²) in [6, 6.07) is 4.49. The Balaban J connectivity index is 2.31. The minimum atomic E-state index is -3.78. The number of nitrogens with two attached hydrogens (primary N) is 2. The van der Waals surface area contributed by atoms with Crippen molar-refractivity contribution in [1.29, 1.82) is 0 Å². The summed E-state index contributed by atoms with van der Waals surface area (Å²) in [5.74, 6) is 0. The third-order valence-electron chi connectivity index (χ3n) is 2.76. The molecule has 108 valence electrons. The van der Waals surface area contributed by atoms with Crippen LogP contribution in [0.4, 0.5) is 11.4 Å². The number of primary sulfonamides is 1. The van der Waals surface area contributed by atoms with Gasteiger partial charge in [-0.25, -0.2) is 18.5 Å². The van der Waals surface area contributed by atoms with Gasteiger partial charge in [0, 0.05) is 23.0 Å². The molecule has 0 amide bonds. The predicted octanol–water partition coefficient (Wildman–Crippen LogP) is 1.94. The number of aromatic nitrogens is 1. The number of hydrogen-bond donors (Lipinski definition) is 3. The first-order chi connectivity index (χ1) is 9.40. The molecule has 0 aliphatic rings. The van der Waals surface area contributed by atoms with Gasteiger partial charge >= 0.3 is 0 Å². The molecule has 0 saturated carbocycles. The van der Waals surface area contributed by atoms with E-state index >= 15 is 0 Å². The topological polar surface area (TPSA) is 111 Å². The average Bonchev–Trinajstić information content (AvgIpc) is 2.88. The number of anilines is 2.